The summed E-state index contributed by atoms with van der Waals surface area (Å²) in [5.41, 5.74) is 2.35. The van der Waals surface area contributed by atoms with E-state index in [-0.39, 0.29) is 0 Å². The molecule has 0 aromatic heterocycles. The molecule has 2 heterocycles. The molecule has 0 aliphatic carbocycles. The molecule has 18 heavy (non-hydrogen) atoms. The molecule has 1 aromatic carbocycles. The predicted molar refractivity (Wildman–Crippen MR) is 77.1 cm³/mol. The van der Waals surface area contributed by atoms with Crippen molar-refractivity contribution in [2.24, 2.45) is 4.99 Å². The van der Waals surface area contributed by atoms with Crippen LogP contribution < -0.4 is 4.90 Å². The van der Waals surface area contributed by atoms with E-state index in [2.05, 4.69) is 28.1 Å². The molecule has 0 spiro atoms. The van der Waals surface area contributed by atoms with E-state index in [0.717, 1.165) is 30.2 Å². The Hall–Kier alpha value is -1.49. The molecule has 94 valence electrons. The number of amidine groups is 2. The molecule has 1 N–H and O–H groups in total. The van der Waals surface area contributed by atoms with Crippen molar-refractivity contribution < 1.29 is 0 Å². The summed E-state index contributed by atoms with van der Waals surface area (Å²) in [6, 6.07) is 6.36. The van der Waals surface area contributed by atoms with E-state index in [1.165, 1.54) is 23.0 Å². The fourth-order valence-electron chi connectivity index (χ4n) is 2.25. The number of hydrogen-bond donors (Lipinski definition) is 1. The zero-order chi connectivity index (χ0) is 12.7. The average molecular weight is 260 g/mol. The molecule has 1 aromatic rings. The third kappa shape index (κ3) is 1.79. The Morgan fingerprint density at radius 1 is 1.39 bits per heavy atom. The van der Waals surface area contributed by atoms with Gasteiger partial charge in [0, 0.05) is 43.3 Å². The highest BCUT2D eigenvalue weighted by molar-refractivity contribution is 8.14. The SMILES string of the molecule is CN(C)c1ccc2c(c1)C1=NCCCN1C(=N)S2. The van der Waals surface area contributed by atoms with E-state index in [4.69, 9.17) is 5.41 Å². The number of benzene rings is 1. The first-order valence-corrected chi connectivity index (χ1v) is 6.88. The molecule has 2 aliphatic rings. The van der Waals surface area contributed by atoms with Gasteiger partial charge in [-0.25, -0.2) is 0 Å². The molecule has 0 atom stereocenters. The first kappa shape index (κ1) is 11.6. The summed E-state index contributed by atoms with van der Waals surface area (Å²) in [5.74, 6) is 0.976. The number of nitrogens with zero attached hydrogens (tertiary/aromatic N) is 3. The van der Waals surface area contributed by atoms with Crippen molar-refractivity contribution in [2.75, 3.05) is 32.1 Å². The molecule has 5 heteroatoms. The topological polar surface area (TPSA) is 42.7 Å². The summed E-state index contributed by atoms with van der Waals surface area (Å²) < 4.78 is 0. The highest BCUT2D eigenvalue weighted by Crippen LogP contribution is 2.35. The molecule has 0 bridgehead atoms. The Morgan fingerprint density at radius 2 is 2.22 bits per heavy atom. The third-order valence-electron chi connectivity index (χ3n) is 3.23. The average Bonchev–Trinajstić information content (AvgIpc) is 2.38. The number of rotatable bonds is 1. The monoisotopic (exact) mass is 260 g/mol. The van der Waals surface area contributed by atoms with Gasteiger partial charge in [-0.15, -0.1) is 0 Å². The molecule has 0 saturated carbocycles. The maximum atomic E-state index is 8.08. The van der Waals surface area contributed by atoms with Crippen molar-refractivity contribution in [3.8, 4) is 0 Å². The van der Waals surface area contributed by atoms with E-state index in [0.29, 0.717) is 5.17 Å². The highest BCUT2D eigenvalue weighted by atomic mass is 32.2. The zero-order valence-electron chi connectivity index (χ0n) is 10.6. The van der Waals surface area contributed by atoms with Crippen LogP contribution in [0.3, 0.4) is 0 Å². The molecule has 0 fully saturated rings. The number of thioether (sulfide) groups is 1. The van der Waals surface area contributed by atoms with Crippen molar-refractivity contribution in [1.82, 2.24) is 4.90 Å². The van der Waals surface area contributed by atoms with Gasteiger partial charge in [0.2, 0.25) is 0 Å². The largest absolute Gasteiger partial charge is 0.378 e. The van der Waals surface area contributed by atoms with Crippen LogP contribution in [0.1, 0.15) is 12.0 Å². The minimum atomic E-state index is 0.596. The van der Waals surface area contributed by atoms with Gasteiger partial charge in [-0.05, 0) is 24.6 Å². The predicted octanol–water partition coefficient (Wildman–Crippen LogP) is 2.25. The molecule has 0 amide bonds. The minimum absolute atomic E-state index is 0.596. The number of nitrogens with one attached hydrogen (secondary N) is 1. The number of aliphatic imine (C=N–C) groups is 1. The summed E-state index contributed by atoms with van der Waals surface area (Å²) in [5, 5.41) is 8.68. The van der Waals surface area contributed by atoms with Crippen LogP contribution >= 0.6 is 11.8 Å². The van der Waals surface area contributed by atoms with Crippen molar-refractivity contribution >= 4 is 28.5 Å². The molecule has 4 nitrogen and oxygen atoms in total. The molecular weight excluding hydrogens is 244 g/mol. The van der Waals surface area contributed by atoms with Gasteiger partial charge < -0.3 is 9.80 Å². The van der Waals surface area contributed by atoms with Gasteiger partial charge in [-0.1, -0.05) is 11.8 Å². The summed E-state index contributed by atoms with van der Waals surface area (Å²) in [7, 11) is 4.08. The van der Waals surface area contributed by atoms with Crippen LogP contribution in [0.5, 0.6) is 0 Å². The van der Waals surface area contributed by atoms with E-state index in [9.17, 15) is 0 Å². The summed E-state index contributed by atoms with van der Waals surface area (Å²) in [6.45, 7) is 1.78. The van der Waals surface area contributed by atoms with Crippen molar-refractivity contribution in [2.45, 2.75) is 11.3 Å². The molecule has 0 unspecified atom stereocenters. The van der Waals surface area contributed by atoms with Gasteiger partial charge >= 0.3 is 0 Å². The van der Waals surface area contributed by atoms with E-state index in [1.807, 2.05) is 19.0 Å². The smallest absolute Gasteiger partial charge is 0.166 e. The lowest BCUT2D eigenvalue weighted by molar-refractivity contribution is 0.552. The van der Waals surface area contributed by atoms with Crippen LogP contribution in [0.4, 0.5) is 5.69 Å². The second-order valence-electron chi connectivity index (χ2n) is 4.69. The van der Waals surface area contributed by atoms with Crippen LogP contribution in [0.2, 0.25) is 0 Å². The Morgan fingerprint density at radius 3 is 3.00 bits per heavy atom. The molecule has 3 rings (SSSR count). The zero-order valence-corrected chi connectivity index (χ0v) is 11.4. The Labute approximate surface area is 111 Å². The van der Waals surface area contributed by atoms with Gasteiger partial charge in [-0.3, -0.25) is 10.4 Å². The molecule has 2 aliphatic heterocycles. The van der Waals surface area contributed by atoms with Crippen molar-refractivity contribution in [3.63, 3.8) is 0 Å². The second kappa shape index (κ2) is 4.31. The number of anilines is 1. The lowest BCUT2D eigenvalue weighted by Gasteiger charge is -2.34. The summed E-state index contributed by atoms with van der Waals surface area (Å²) in [4.78, 5) is 9.87. The maximum absolute atomic E-state index is 8.08. The van der Waals surface area contributed by atoms with E-state index >= 15 is 0 Å². The van der Waals surface area contributed by atoms with Gasteiger partial charge in [-0.2, -0.15) is 0 Å². The Balaban J connectivity index is 2.12. The van der Waals surface area contributed by atoms with Gasteiger partial charge in [0.25, 0.3) is 0 Å². The fourth-order valence-corrected chi connectivity index (χ4v) is 3.14. The Bertz CT molecular complexity index is 536. The standard InChI is InChI=1S/C13H16N4S/c1-16(2)9-4-5-11-10(8-9)12-15-6-3-7-17(12)13(14)18-11/h4-5,8,14H,3,6-7H2,1-2H3. The third-order valence-corrected chi connectivity index (χ3v) is 4.22. The van der Waals surface area contributed by atoms with E-state index in [1.54, 1.807) is 0 Å². The Kier molecular flexibility index (Phi) is 2.78. The molecule has 0 saturated heterocycles. The van der Waals surface area contributed by atoms with Gasteiger partial charge in [0.15, 0.2) is 5.17 Å². The van der Waals surface area contributed by atoms with E-state index < -0.39 is 0 Å². The minimum Gasteiger partial charge on any atom is -0.378 e. The van der Waals surface area contributed by atoms with Crippen molar-refractivity contribution in [3.05, 3.63) is 23.8 Å². The molecule has 0 radical (unpaired) electrons. The lowest BCUT2D eigenvalue weighted by Crippen LogP contribution is -2.42. The second-order valence-corrected chi connectivity index (χ2v) is 5.72. The highest BCUT2D eigenvalue weighted by Gasteiger charge is 2.29. The van der Waals surface area contributed by atoms with Crippen LogP contribution in [-0.4, -0.2) is 43.1 Å². The maximum Gasteiger partial charge on any atom is 0.166 e. The normalized spacial score (nSPS) is 18.0. The van der Waals surface area contributed by atoms with Gasteiger partial charge in [0.05, 0.1) is 0 Å². The first-order chi connectivity index (χ1) is 8.66. The lowest BCUT2D eigenvalue weighted by atomic mass is 10.1. The molecular formula is C13H16N4S. The number of hydrogen-bond acceptors (Lipinski definition) is 4. The van der Waals surface area contributed by atoms with Crippen LogP contribution in [0, 0.1) is 5.41 Å². The summed E-state index contributed by atoms with van der Waals surface area (Å²) >= 11 is 1.53. The number of fused-ring (bicyclic) bond motifs is 3. The first-order valence-electron chi connectivity index (χ1n) is 6.07. The van der Waals surface area contributed by atoms with Crippen LogP contribution in [0.15, 0.2) is 28.1 Å². The quantitative estimate of drug-likeness (QED) is 0.842. The van der Waals surface area contributed by atoms with Crippen molar-refractivity contribution in [1.29, 1.82) is 5.41 Å². The van der Waals surface area contributed by atoms with Gasteiger partial charge in [0.1, 0.15) is 5.84 Å². The van der Waals surface area contributed by atoms with Crippen LogP contribution in [0.25, 0.3) is 0 Å². The summed E-state index contributed by atoms with van der Waals surface area (Å²) in [6.07, 6.45) is 1.04. The van der Waals surface area contributed by atoms with Crippen LogP contribution in [-0.2, 0) is 0 Å². The fraction of sp³-hybridized carbons (Fsp3) is 0.385.